The Morgan fingerprint density at radius 3 is 2.66 bits per heavy atom. The molecule has 1 fully saturated rings. The Hall–Kier alpha value is -2.14. The molecule has 2 aromatic rings. The van der Waals surface area contributed by atoms with Crippen LogP contribution in [0.3, 0.4) is 0 Å². The van der Waals surface area contributed by atoms with Crippen LogP contribution in [-0.2, 0) is 19.0 Å². The van der Waals surface area contributed by atoms with Crippen molar-refractivity contribution < 1.29 is 19.0 Å². The number of hydrogen-bond acceptors (Lipinski definition) is 4. The fraction of sp³-hybridized carbons (Fsp3) is 0.375. The van der Waals surface area contributed by atoms with Crippen LogP contribution >= 0.6 is 11.6 Å². The van der Waals surface area contributed by atoms with Crippen molar-refractivity contribution in [1.82, 2.24) is 0 Å². The summed E-state index contributed by atoms with van der Waals surface area (Å²) in [7, 11) is 0. The maximum atomic E-state index is 11.4. The first kappa shape index (κ1) is 21.6. The van der Waals surface area contributed by atoms with Gasteiger partial charge >= 0.3 is 5.97 Å². The number of esters is 1. The fourth-order valence-corrected chi connectivity index (χ4v) is 3.64. The molecule has 2 aromatic carbocycles. The van der Waals surface area contributed by atoms with Crippen LogP contribution < -0.4 is 0 Å². The summed E-state index contributed by atoms with van der Waals surface area (Å²) in [5.41, 5.74) is 1.97. The first-order chi connectivity index (χ1) is 14.2. The summed E-state index contributed by atoms with van der Waals surface area (Å²) < 4.78 is 17.3. The molecule has 0 radical (unpaired) electrons. The van der Waals surface area contributed by atoms with E-state index in [1.165, 1.54) is 0 Å². The normalized spacial score (nSPS) is 21.9. The van der Waals surface area contributed by atoms with E-state index in [9.17, 15) is 4.79 Å². The van der Waals surface area contributed by atoms with E-state index >= 15 is 0 Å². The molecule has 1 heterocycles. The third-order valence-electron chi connectivity index (χ3n) is 4.87. The molecule has 3 rings (SSSR count). The van der Waals surface area contributed by atoms with Crippen molar-refractivity contribution in [3.8, 4) is 0 Å². The van der Waals surface area contributed by atoms with Gasteiger partial charge in [0.25, 0.3) is 0 Å². The second-order valence-corrected chi connectivity index (χ2v) is 7.37. The molecule has 154 valence electrons. The number of hydrogen-bond donors (Lipinski definition) is 0. The summed E-state index contributed by atoms with van der Waals surface area (Å²) in [5, 5.41) is 0.640. The van der Waals surface area contributed by atoms with Crippen molar-refractivity contribution in [3.63, 3.8) is 0 Å². The summed E-state index contributed by atoms with van der Waals surface area (Å²) in [4.78, 5) is 11.4. The first-order valence-corrected chi connectivity index (χ1v) is 10.4. The molecule has 1 saturated heterocycles. The Balaban J connectivity index is 1.65. The summed E-state index contributed by atoms with van der Waals surface area (Å²) in [5.74, 6) is 0.0150. The third kappa shape index (κ3) is 6.17. The molecule has 0 aromatic heterocycles. The highest BCUT2D eigenvalue weighted by Gasteiger charge is 2.33. The molecule has 1 aliphatic rings. The summed E-state index contributed by atoms with van der Waals surface area (Å²) in [6.07, 6.45) is 5.42. The van der Waals surface area contributed by atoms with Crippen LogP contribution in [0, 0.1) is 5.92 Å². The molecule has 4 nitrogen and oxygen atoms in total. The Kier molecular flexibility index (Phi) is 8.29. The number of benzene rings is 2. The van der Waals surface area contributed by atoms with E-state index in [1.54, 1.807) is 0 Å². The maximum Gasteiger partial charge on any atom is 0.306 e. The van der Waals surface area contributed by atoms with Crippen molar-refractivity contribution in [2.45, 2.75) is 38.6 Å². The Bertz CT molecular complexity index is 806. The number of carbonyl (C=O) groups is 1. The van der Waals surface area contributed by atoms with Gasteiger partial charge in [0.2, 0.25) is 0 Å². The summed E-state index contributed by atoms with van der Waals surface area (Å²) in [6, 6.07) is 17.8. The maximum absolute atomic E-state index is 11.4. The minimum absolute atomic E-state index is 0.0964. The minimum Gasteiger partial charge on any atom is -0.466 e. The Labute approximate surface area is 177 Å². The smallest absolute Gasteiger partial charge is 0.306 e. The minimum atomic E-state index is -0.488. The fourth-order valence-electron chi connectivity index (χ4n) is 3.42. The van der Waals surface area contributed by atoms with E-state index < -0.39 is 6.29 Å². The van der Waals surface area contributed by atoms with Crippen LogP contribution in [-0.4, -0.2) is 19.2 Å². The molecule has 0 spiro atoms. The first-order valence-electron chi connectivity index (χ1n) is 10.1. The zero-order chi connectivity index (χ0) is 20.5. The lowest BCUT2D eigenvalue weighted by Crippen LogP contribution is -2.30. The van der Waals surface area contributed by atoms with Gasteiger partial charge in [0, 0.05) is 22.9 Å². The average molecular weight is 415 g/mol. The lowest BCUT2D eigenvalue weighted by atomic mass is 9.92. The number of allylic oxidation sites excluding steroid dienone is 2. The highest BCUT2D eigenvalue weighted by Crippen LogP contribution is 2.41. The molecular weight excluding hydrogens is 388 g/mol. The monoisotopic (exact) mass is 414 g/mol. The molecule has 5 heteroatoms. The van der Waals surface area contributed by atoms with E-state index in [2.05, 4.69) is 18.2 Å². The van der Waals surface area contributed by atoms with E-state index in [1.807, 2.05) is 55.5 Å². The molecule has 0 aliphatic carbocycles. The standard InChI is InChI=1S/C24H27ClO4/c1-2-27-22(26)16-8-4-7-13-19-17-28-24(20-14-9-10-15-21(20)25)29-23(19)18-11-5-3-6-12-18/h3-7,9-12,14-15,19,23-24H,2,8,13,16-17H2,1H3/b7-4-. The molecular formula is C24H27ClO4. The second kappa shape index (κ2) is 11.1. The van der Waals surface area contributed by atoms with Crippen molar-refractivity contribution in [2.75, 3.05) is 13.2 Å². The van der Waals surface area contributed by atoms with Crippen molar-refractivity contribution in [1.29, 1.82) is 0 Å². The van der Waals surface area contributed by atoms with Gasteiger partial charge in [-0.2, -0.15) is 0 Å². The highest BCUT2D eigenvalue weighted by atomic mass is 35.5. The second-order valence-electron chi connectivity index (χ2n) is 6.97. The van der Waals surface area contributed by atoms with E-state index in [-0.39, 0.29) is 18.0 Å². The van der Waals surface area contributed by atoms with Crippen LogP contribution in [0.1, 0.15) is 49.7 Å². The molecule has 0 amide bonds. The molecule has 0 N–H and O–H groups in total. The number of halogens is 1. The van der Waals surface area contributed by atoms with Gasteiger partial charge in [-0.3, -0.25) is 4.79 Å². The van der Waals surface area contributed by atoms with Crippen LogP contribution in [0.15, 0.2) is 66.7 Å². The third-order valence-corrected chi connectivity index (χ3v) is 5.22. The van der Waals surface area contributed by atoms with Gasteiger partial charge < -0.3 is 14.2 Å². The lowest BCUT2D eigenvalue weighted by Gasteiger charge is -2.37. The molecule has 29 heavy (non-hydrogen) atoms. The van der Waals surface area contributed by atoms with Gasteiger partial charge in [0.1, 0.15) is 0 Å². The lowest BCUT2D eigenvalue weighted by molar-refractivity contribution is -0.243. The average Bonchev–Trinajstić information content (AvgIpc) is 2.75. The number of rotatable bonds is 8. The Morgan fingerprint density at radius 2 is 1.90 bits per heavy atom. The van der Waals surface area contributed by atoms with E-state index in [0.29, 0.717) is 31.1 Å². The van der Waals surface area contributed by atoms with Crippen LogP contribution in [0.4, 0.5) is 0 Å². The van der Waals surface area contributed by atoms with Gasteiger partial charge in [-0.25, -0.2) is 0 Å². The van der Waals surface area contributed by atoms with Crippen LogP contribution in [0.5, 0.6) is 0 Å². The summed E-state index contributed by atoms with van der Waals surface area (Å²) >= 11 is 6.35. The van der Waals surface area contributed by atoms with Gasteiger partial charge in [-0.15, -0.1) is 0 Å². The van der Waals surface area contributed by atoms with Crippen LogP contribution in [0.2, 0.25) is 5.02 Å². The number of ether oxygens (including phenoxy) is 3. The molecule has 3 unspecified atom stereocenters. The quantitative estimate of drug-likeness (QED) is 0.390. The Morgan fingerprint density at radius 1 is 1.14 bits per heavy atom. The zero-order valence-corrected chi connectivity index (χ0v) is 17.4. The SMILES string of the molecule is CCOC(=O)CC/C=C\CC1COC(c2ccccc2Cl)OC1c1ccccc1. The predicted molar refractivity (Wildman–Crippen MR) is 114 cm³/mol. The largest absolute Gasteiger partial charge is 0.466 e. The van der Waals surface area contributed by atoms with E-state index in [4.69, 9.17) is 25.8 Å². The topological polar surface area (TPSA) is 44.8 Å². The van der Waals surface area contributed by atoms with Crippen LogP contribution in [0.25, 0.3) is 0 Å². The van der Waals surface area contributed by atoms with Gasteiger partial charge in [0.15, 0.2) is 6.29 Å². The van der Waals surface area contributed by atoms with Gasteiger partial charge in [-0.1, -0.05) is 72.3 Å². The highest BCUT2D eigenvalue weighted by molar-refractivity contribution is 6.31. The molecule has 1 aliphatic heterocycles. The van der Waals surface area contributed by atoms with Gasteiger partial charge in [-0.05, 0) is 31.4 Å². The molecule has 3 atom stereocenters. The van der Waals surface area contributed by atoms with Crippen molar-refractivity contribution in [2.24, 2.45) is 5.92 Å². The zero-order valence-electron chi connectivity index (χ0n) is 16.6. The van der Waals surface area contributed by atoms with E-state index in [0.717, 1.165) is 17.5 Å². The predicted octanol–water partition coefficient (Wildman–Crippen LogP) is 6.03. The molecule has 0 saturated carbocycles. The summed E-state index contributed by atoms with van der Waals surface area (Å²) in [6.45, 7) is 2.80. The van der Waals surface area contributed by atoms with Crippen molar-refractivity contribution >= 4 is 17.6 Å². The van der Waals surface area contributed by atoms with Gasteiger partial charge in [0.05, 0.1) is 19.3 Å². The number of carbonyl (C=O) groups excluding carboxylic acids is 1. The van der Waals surface area contributed by atoms with Crippen molar-refractivity contribution in [3.05, 3.63) is 82.9 Å². The molecule has 0 bridgehead atoms.